The number of carbonyl (C=O) groups is 2. The van der Waals surface area contributed by atoms with E-state index < -0.39 is 0 Å². The average Bonchev–Trinajstić information content (AvgIpc) is 2.64. The van der Waals surface area contributed by atoms with Crippen molar-refractivity contribution in [2.24, 2.45) is 0 Å². The van der Waals surface area contributed by atoms with Crippen LogP contribution in [-0.2, 0) is 9.53 Å². The van der Waals surface area contributed by atoms with Gasteiger partial charge in [0, 0.05) is 36.5 Å². The largest absolute Gasteiger partial charge is 0.483 e. The summed E-state index contributed by atoms with van der Waals surface area (Å²) in [6.45, 7) is 2.82. The highest BCUT2D eigenvalue weighted by Crippen LogP contribution is 2.21. The smallest absolute Gasteiger partial charge is 0.262 e. The van der Waals surface area contributed by atoms with E-state index in [9.17, 15) is 9.59 Å². The molecule has 0 heterocycles. The lowest BCUT2D eigenvalue weighted by atomic mass is 10.2. The molecule has 7 heteroatoms. The van der Waals surface area contributed by atoms with Crippen molar-refractivity contribution in [3.05, 3.63) is 58.6 Å². The first-order valence-corrected chi connectivity index (χ1v) is 8.93. The highest BCUT2D eigenvalue weighted by molar-refractivity contribution is 6.30. The molecule has 27 heavy (non-hydrogen) atoms. The van der Waals surface area contributed by atoms with Crippen LogP contribution >= 0.6 is 11.6 Å². The number of ether oxygens (including phenoxy) is 2. The fourth-order valence-corrected chi connectivity index (χ4v) is 2.60. The predicted molar refractivity (Wildman–Crippen MR) is 106 cm³/mol. The molecule has 2 N–H and O–H groups in total. The third-order valence-corrected chi connectivity index (χ3v) is 3.95. The van der Waals surface area contributed by atoms with Gasteiger partial charge in [-0.05, 0) is 55.3 Å². The Morgan fingerprint density at radius 3 is 2.70 bits per heavy atom. The topological polar surface area (TPSA) is 76.7 Å². The molecule has 0 saturated carbocycles. The van der Waals surface area contributed by atoms with Crippen LogP contribution in [0.1, 0.15) is 22.3 Å². The van der Waals surface area contributed by atoms with Crippen molar-refractivity contribution in [2.75, 3.05) is 32.2 Å². The minimum absolute atomic E-state index is 0.143. The van der Waals surface area contributed by atoms with E-state index in [4.69, 9.17) is 21.1 Å². The maximum Gasteiger partial charge on any atom is 0.262 e. The Hall–Kier alpha value is -2.57. The number of anilines is 1. The molecule has 0 radical (unpaired) electrons. The van der Waals surface area contributed by atoms with Crippen LogP contribution in [0.4, 0.5) is 5.69 Å². The first-order valence-electron chi connectivity index (χ1n) is 8.55. The predicted octanol–water partition coefficient (Wildman–Crippen LogP) is 3.43. The monoisotopic (exact) mass is 390 g/mol. The molecule has 2 aromatic carbocycles. The number of methoxy groups -OCH3 is 1. The summed E-state index contributed by atoms with van der Waals surface area (Å²) in [6.07, 6.45) is 0.736. The van der Waals surface area contributed by atoms with Crippen molar-refractivity contribution in [2.45, 2.75) is 13.3 Å². The summed E-state index contributed by atoms with van der Waals surface area (Å²) in [7, 11) is 1.62. The van der Waals surface area contributed by atoms with Gasteiger partial charge >= 0.3 is 0 Å². The standard InChI is InChI=1S/C20H23ClN2O4/c1-14-11-16(21)7-8-18(14)27-13-19(24)23-17-6-3-5-15(12-17)20(25)22-9-4-10-26-2/h3,5-8,11-12H,4,9-10,13H2,1-2H3,(H,22,25)(H,23,24). The zero-order valence-electron chi connectivity index (χ0n) is 15.4. The van der Waals surface area contributed by atoms with Gasteiger partial charge < -0.3 is 20.1 Å². The number of carbonyl (C=O) groups excluding carboxylic acids is 2. The number of benzene rings is 2. The van der Waals surface area contributed by atoms with E-state index in [2.05, 4.69) is 10.6 Å². The number of rotatable bonds is 9. The SMILES string of the molecule is COCCCNC(=O)c1cccc(NC(=O)COc2ccc(Cl)cc2C)c1. The van der Waals surface area contributed by atoms with E-state index in [0.717, 1.165) is 12.0 Å². The summed E-state index contributed by atoms with van der Waals surface area (Å²) >= 11 is 5.90. The number of amides is 2. The number of halogens is 1. The molecule has 2 rings (SSSR count). The molecule has 6 nitrogen and oxygen atoms in total. The number of hydrogen-bond donors (Lipinski definition) is 2. The number of nitrogens with one attached hydrogen (secondary N) is 2. The minimum Gasteiger partial charge on any atom is -0.483 e. The second kappa shape index (κ2) is 10.5. The second-order valence-corrected chi connectivity index (χ2v) is 6.37. The molecule has 0 aliphatic rings. The maximum absolute atomic E-state index is 12.1. The Kier molecular flexibility index (Phi) is 8.10. The van der Waals surface area contributed by atoms with E-state index in [1.165, 1.54) is 0 Å². The first-order chi connectivity index (χ1) is 13.0. The van der Waals surface area contributed by atoms with Crippen LogP contribution in [0.5, 0.6) is 5.75 Å². The minimum atomic E-state index is -0.318. The summed E-state index contributed by atoms with van der Waals surface area (Å²) < 4.78 is 10.5. The van der Waals surface area contributed by atoms with Crippen LogP contribution in [0.3, 0.4) is 0 Å². The van der Waals surface area contributed by atoms with Crippen LogP contribution in [0, 0.1) is 6.92 Å². The van der Waals surface area contributed by atoms with Gasteiger partial charge in [0.2, 0.25) is 0 Å². The third kappa shape index (κ3) is 6.92. The molecule has 0 atom stereocenters. The normalized spacial score (nSPS) is 10.3. The van der Waals surface area contributed by atoms with E-state index in [1.807, 2.05) is 6.92 Å². The lowest BCUT2D eigenvalue weighted by Gasteiger charge is -2.11. The summed E-state index contributed by atoms with van der Waals surface area (Å²) in [6, 6.07) is 11.9. The molecular weight excluding hydrogens is 368 g/mol. The van der Waals surface area contributed by atoms with E-state index in [1.54, 1.807) is 49.6 Å². The highest BCUT2D eigenvalue weighted by atomic mass is 35.5. The third-order valence-electron chi connectivity index (χ3n) is 3.72. The van der Waals surface area contributed by atoms with Crippen molar-refractivity contribution in [3.8, 4) is 5.75 Å². The van der Waals surface area contributed by atoms with Gasteiger partial charge in [-0.25, -0.2) is 0 Å². The van der Waals surface area contributed by atoms with Gasteiger partial charge in [-0.3, -0.25) is 9.59 Å². The molecule has 0 aliphatic carbocycles. The van der Waals surface area contributed by atoms with E-state index >= 15 is 0 Å². The zero-order valence-corrected chi connectivity index (χ0v) is 16.1. The zero-order chi connectivity index (χ0) is 19.6. The van der Waals surface area contributed by atoms with Crippen molar-refractivity contribution in [3.63, 3.8) is 0 Å². The number of aryl methyl sites for hydroxylation is 1. The van der Waals surface area contributed by atoms with Crippen LogP contribution in [-0.4, -0.2) is 38.7 Å². The van der Waals surface area contributed by atoms with Crippen LogP contribution in [0.2, 0.25) is 5.02 Å². The Bertz CT molecular complexity index is 795. The molecule has 2 amide bonds. The fraction of sp³-hybridized carbons (Fsp3) is 0.300. The van der Waals surface area contributed by atoms with Crippen molar-refractivity contribution >= 4 is 29.1 Å². The van der Waals surface area contributed by atoms with Gasteiger partial charge in [-0.1, -0.05) is 17.7 Å². The van der Waals surface area contributed by atoms with Crippen molar-refractivity contribution in [1.82, 2.24) is 5.32 Å². The van der Waals surface area contributed by atoms with Crippen LogP contribution < -0.4 is 15.4 Å². The highest BCUT2D eigenvalue weighted by Gasteiger charge is 2.09. The second-order valence-electron chi connectivity index (χ2n) is 5.93. The fourth-order valence-electron chi connectivity index (χ4n) is 2.37. The molecule has 0 saturated heterocycles. The molecule has 144 valence electrons. The maximum atomic E-state index is 12.1. The Balaban J connectivity index is 1.87. The van der Waals surface area contributed by atoms with Crippen molar-refractivity contribution in [1.29, 1.82) is 0 Å². The molecular formula is C20H23ClN2O4. The number of hydrogen-bond acceptors (Lipinski definition) is 4. The summed E-state index contributed by atoms with van der Waals surface area (Å²) in [4.78, 5) is 24.2. The molecule has 0 bridgehead atoms. The molecule has 0 unspecified atom stereocenters. The molecule has 0 aliphatic heterocycles. The van der Waals surface area contributed by atoms with Gasteiger partial charge in [-0.15, -0.1) is 0 Å². The molecule has 0 aromatic heterocycles. The Labute approximate surface area is 163 Å². The summed E-state index contributed by atoms with van der Waals surface area (Å²) in [5.74, 6) is 0.0796. The van der Waals surface area contributed by atoms with Gasteiger partial charge in [-0.2, -0.15) is 0 Å². The van der Waals surface area contributed by atoms with Gasteiger partial charge in [0.1, 0.15) is 5.75 Å². The van der Waals surface area contributed by atoms with Crippen LogP contribution in [0.15, 0.2) is 42.5 Å². The Morgan fingerprint density at radius 1 is 1.15 bits per heavy atom. The van der Waals surface area contributed by atoms with E-state index in [-0.39, 0.29) is 18.4 Å². The first kappa shape index (κ1) is 20.7. The van der Waals surface area contributed by atoms with Gasteiger partial charge in [0.05, 0.1) is 0 Å². The van der Waals surface area contributed by atoms with E-state index in [0.29, 0.717) is 35.2 Å². The average molecular weight is 391 g/mol. The van der Waals surface area contributed by atoms with Crippen LogP contribution in [0.25, 0.3) is 0 Å². The van der Waals surface area contributed by atoms with Gasteiger partial charge in [0.25, 0.3) is 11.8 Å². The lowest BCUT2D eigenvalue weighted by Crippen LogP contribution is -2.25. The molecule has 0 spiro atoms. The Morgan fingerprint density at radius 2 is 1.96 bits per heavy atom. The lowest BCUT2D eigenvalue weighted by molar-refractivity contribution is -0.118. The van der Waals surface area contributed by atoms with Gasteiger partial charge in [0.15, 0.2) is 6.61 Å². The summed E-state index contributed by atoms with van der Waals surface area (Å²) in [5.41, 5.74) is 1.85. The van der Waals surface area contributed by atoms with Crippen molar-refractivity contribution < 1.29 is 19.1 Å². The molecule has 2 aromatic rings. The summed E-state index contributed by atoms with van der Waals surface area (Å²) in [5, 5.41) is 6.14. The quantitative estimate of drug-likeness (QED) is 0.643. The molecule has 0 fully saturated rings.